The van der Waals surface area contributed by atoms with E-state index in [9.17, 15) is 25.3 Å². The Morgan fingerprint density at radius 2 is 1.14 bits per heavy atom. The third kappa shape index (κ3) is 3.88. The van der Waals surface area contributed by atoms with Gasteiger partial charge in [-0.1, -0.05) is 48.5 Å². The molecule has 0 aromatic heterocycles. The third-order valence-corrected chi connectivity index (χ3v) is 4.29. The molecule has 7 heteroatoms. The van der Waals surface area contributed by atoms with Crippen molar-refractivity contribution in [3.8, 4) is 5.75 Å². The zero-order chi connectivity index (χ0) is 20.3. The lowest BCUT2D eigenvalue weighted by Gasteiger charge is -2.00. The largest absolute Gasteiger partial charge is 0.502 e. The predicted molar refractivity (Wildman–Crippen MR) is 108 cm³/mol. The standard InChI is InChI=1S/C14H10.C7H6N2O5/c1-2-6-12-10-14-8-4-3-7-13(14)9-11(12)5-1;1-4-2-5(8(11)12)3-6(7(4)10)9(13)14/h1-10H;2-3,10H,1H3. The second-order valence-electron chi connectivity index (χ2n) is 6.19. The minimum absolute atomic E-state index is 0.103. The van der Waals surface area contributed by atoms with Crippen molar-refractivity contribution in [2.24, 2.45) is 0 Å². The number of aryl methyl sites for hydroxylation is 1. The summed E-state index contributed by atoms with van der Waals surface area (Å²) in [5.41, 5.74) is -0.963. The molecule has 0 unspecified atom stereocenters. The van der Waals surface area contributed by atoms with Crippen molar-refractivity contribution in [3.05, 3.63) is 98.6 Å². The highest BCUT2D eigenvalue weighted by molar-refractivity contribution is 5.98. The van der Waals surface area contributed by atoms with Crippen LogP contribution in [0.1, 0.15) is 5.56 Å². The number of phenolic OH excluding ortho intramolecular Hbond substituents is 1. The molecule has 0 aliphatic heterocycles. The maximum atomic E-state index is 10.4. The molecule has 0 saturated carbocycles. The highest BCUT2D eigenvalue weighted by Crippen LogP contribution is 2.33. The van der Waals surface area contributed by atoms with Crippen LogP contribution in [0.5, 0.6) is 5.75 Å². The lowest BCUT2D eigenvalue weighted by Crippen LogP contribution is -1.94. The van der Waals surface area contributed by atoms with Gasteiger partial charge in [-0.2, -0.15) is 0 Å². The molecule has 7 nitrogen and oxygen atoms in total. The fraction of sp³-hybridized carbons (Fsp3) is 0.0476. The van der Waals surface area contributed by atoms with E-state index in [1.165, 1.54) is 28.5 Å². The molecule has 0 amide bonds. The van der Waals surface area contributed by atoms with Gasteiger partial charge in [-0.3, -0.25) is 20.2 Å². The Morgan fingerprint density at radius 1 is 0.714 bits per heavy atom. The van der Waals surface area contributed by atoms with Crippen LogP contribution in [0, 0.1) is 27.2 Å². The summed E-state index contributed by atoms with van der Waals surface area (Å²) in [5.74, 6) is -0.541. The van der Waals surface area contributed by atoms with E-state index in [0.717, 1.165) is 12.1 Å². The Balaban J connectivity index is 0.000000161. The lowest BCUT2D eigenvalue weighted by atomic mass is 10.0. The van der Waals surface area contributed by atoms with Gasteiger partial charge in [0, 0.05) is 11.6 Å². The van der Waals surface area contributed by atoms with E-state index in [-0.39, 0.29) is 5.56 Å². The minimum Gasteiger partial charge on any atom is -0.502 e. The molecule has 0 saturated heterocycles. The van der Waals surface area contributed by atoms with E-state index < -0.39 is 27.0 Å². The molecule has 140 valence electrons. The predicted octanol–water partition coefficient (Wildman–Crippen LogP) is 5.51. The normalized spacial score (nSPS) is 10.3. The summed E-state index contributed by atoms with van der Waals surface area (Å²) >= 11 is 0. The molecule has 0 aliphatic rings. The van der Waals surface area contributed by atoms with Gasteiger partial charge in [0.05, 0.1) is 15.9 Å². The number of fused-ring (bicyclic) bond motifs is 2. The summed E-state index contributed by atoms with van der Waals surface area (Å²) in [6, 6.07) is 23.2. The maximum absolute atomic E-state index is 10.4. The van der Waals surface area contributed by atoms with Gasteiger partial charge in [-0.15, -0.1) is 0 Å². The van der Waals surface area contributed by atoms with E-state index in [0.29, 0.717) is 0 Å². The molecule has 28 heavy (non-hydrogen) atoms. The number of nitrogens with zero attached hydrogens (tertiary/aromatic N) is 2. The molecule has 0 radical (unpaired) electrons. The summed E-state index contributed by atoms with van der Waals surface area (Å²) in [6.45, 7) is 1.36. The Hall–Kier alpha value is -4.00. The zero-order valence-electron chi connectivity index (χ0n) is 14.9. The first-order valence-electron chi connectivity index (χ1n) is 8.37. The van der Waals surface area contributed by atoms with Crippen LogP contribution in [0.3, 0.4) is 0 Å². The second-order valence-corrected chi connectivity index (χ2v) is 6.19. The highest BCUT2D eigenvalue weighted by Gasteiger charge is 2.21. The van der Waals surface area contributed by atoms with Crippen LogP contribution in [0.4, 0.5) is 11.4 Å². The first-order valence-corrected chi connectivity index (χ1v) is 8.37. The lowest BCUT2D eigenvalue weighted by molar-refractivity contribution is -0.394. The van der Waals surface area contributed by atoms with Crippen molar-refractivity contribution in [3.63, 3.8) is 0 Å². The number of nitro groups is 2. The van der Waals surface area contributed by atoms with Crippen molar-refractivity contribution >= 4 is 32.9 Å². The molecule has 4 aromatic carbocycles. The molecular weight excluding hydrogens is 360 g/mol. The highest BCUT2D eigenvalue weighted by atomic mass is 16.6. The SMILES string of the molecule is Cc1cc([N+](=O)[O-])cc([N+](=O)[O-])c1O.c1ccc2cc3ccccc3cc2c1. The quantitative estimate of drug-likeness (QED) is 0.282. The monoisotopic (exact) mass is 376 g/mol. The van der Waals surface area contributed by atoms with Crippen LogP contribution < -0.4 is 0 Å². The van der Waals surface area contributed by atoms with E-state index in [1.807, 2.05) is 0 Å². The molecule has 0 aliphatic carbocycles. The van der Waals surface area contributed by atoms with Crippen molar-refractivity contribution in [1.29, 1.82) is 0 Å². The zero-order valence-corrected chi connectivity index (χ0v) is 14.9. The van der Waals surface area contributed by atoms with Crippen LogP contribution >= 0.6 is 0 Å². The number of hydrogen-bond donors (Lipinski definition) is 1. The second kappa shape index (κ2) is 7.71. The Labute approximate surface area is 159 Å². The first-order chi connectivity index (χ1) is 13.4. The average Bonchev–Trinajstić information content (AvgIpc) is 2.68. The smallest absolute Gasteiger partial charge is 0.317 e. The van der Waals surface area contributed by atoms with Crippen molar-refractivity contribution in [1.82, 2.24) is 0 Å². The van der Waals surface area contributed by atoms with Gasteiger partial charge in [-0.05, 0) is 40.6 Å². The number of rotatable bonds is 2. The van der Waals surface area contributed by atoms with Crippen molar-refractivity contribution < 1.29 is 15.0 Å². The van der Waals surface area contributed by atoms with Crippen LogP contribution in [0.25, 0.3) is 21.5 Å². The van der Waals surface area contributed by atoms with Gasteiger partial charge in [0.1, 0.15) is 0 Å². The minimum atomic E-state index is -0.866. The Bertz CT molecular complexity index is 1100. The van der Waals surface area contributed by atoms with Crippen LogP contribution in [0.2, 0.25) is 0 Å². The summed E-state index contributed by atoms with van der Waals surface area (Å²) in [6.07, 6.45) is 0. The van der Waals surface area contributed by atoms with Gasteiger partial charge in [0.2, 0.25) is 0 Å². The van der Waals surface area contributed by atoms with Gasteiger partial charge in [0.15, 0.2) is 5.75 Å². The molecule has 0 fully saturated rings. The number of hydrogen-bond acceptors (Lipinski definition) is 5. The molecule has 4 aromatic rings. The number of phenols is 1. The molecular formula is C21H16N2O5. The number of non-ortho nitro benzene ring substituents is 1. The summed E-state index contributed by atoms with van der Waals surface area (Å²) in [5, 5.41) is 35.2. The number of benzene rings is 4. The maximum Gasteiger partial charge on any atom is 0.317 e. The molecule has 1 N–H and O–H groups in total. The fourth-order valence-electron chi connectivity index (χ4n) is 2.87. The van der Waals surface area contributed by atoms with Crippen molar-refractivity contribution in [2.45, 2.75) is 6.92 Å². The topological polar surface area (TPSA) is 107 Å². The average molecular weight is 376 g/mol. The Kier molecular flexibility index (Phi) is 5.17. The van der Waals surface area contributed by atoms with E-state index >= 15 is 0 Å². The van der Waals surface area contributed by atoms with E-state index in [2.05, 4.69) is 60.7 Å². The summed E-state index contributed by atoms with van der Waals surface area (Å²) < 4.78 is 0. The number of aromatic hydroxyl groups is 1. The fourth-order valence-corrected chi connectivity index (χ4v) is 2.87. The van der Waals surface area contributed by atoms with E-state index in [4.69, 9.17) is 0 Å². The molecule has 0 heterocycles. The van der Waals surface area contributed by atoms with E-state index in [1.54, 1.807) is 0 Å². The molecule has 0 bridgehead atoms. The van der Waals surface area contributed by atoms with Gasteiger partial charge in [0.25, 0.3) is 5.69 Å². The first kappa shape index (κ1) is 18.8. The summed E-state index contributed by atoms with van der Waals surface area (Å²) in [7, 11) is 0. The van der Waals surface area contributed by atoms with Crippen LogP contribution in [0.15, 0.2) is 72.8 Å². The Morgan fingerprint density at radius 3 is 1.50 bits per heavy atom. The molecule has 0 atom stereocenters. The molecule has 4 rings (SSSR count). The van der Waals surface area contributed by atoms with Gasteiger partial charge in [-0.25, -0.2) is 0 Å². The number of nitro benzene ring substituents is 2. The van der Waals surface area contributed by atoms with Crippen LogP contribution in [-0.2, 0) is 0 Å². The van der Waals surface area contributed by atoms with Crippen LogP contribution in [-0.4, -0.2) is 15.0 Å². The summed E-state index contributed by atoms with van der Waals surface area (Å²) in [4.78, 5) is 19.1. The van der Waals surface area contributed by atoms with Crippen molar-refractivity contribution in [2.75, 3.05) is 0 Å². The third-order valence-electron chi connectivity index (χ3n) is 4.29. The van der Waals surface area contributed by atoms with Gasteiger partial charge < -0.3 is 5.11 Å². The van der Waals surface area contributed by atoms with Gasteiger partial charge >= 0.3 is 5.69 Å². The molecule has 0 spiro atoms.